The van der Waals surface area contributed by atoms with E-state index in [1.54, 1.807) is 6.20 Å². The minimum Gasteiger partial charge on any atom is -0.396 e. The summed E-state index contributed by atoms with van der Waals surface area (Å²) in [6.07, 6.45) is 3.85. The standard InChI is InChI=1S/C14H18BrN3S/c1-9(8-19-2)6-18-14-11-5-10(15)3-4-13(11)17-7-12(14)16/h3-5,7,9H,6,8,16H2,1-2H3,(H,17,18). The van der Waals surface area contributed by atoms with Gasteiger partial charge in [0.15, 0.2) is 0 Å². The third-order valence-corrected chi connectivity index (χ3v) is 4.33. The summed E-state index contributed by atoms with van der Waals surface area (Å²) in [7, 11) is 0. The van der Waals surface area contributed by atoms with Gasteiger partial charge in [0.2, 0.25) is 0 Å². The third-order valence-electron chi connectivity index (χ3n) is 2.94. The van der Waals surface area contributed by atoms with Gasteiger partial charge in [-0.3, -0.25) is 4.98 Å². The molecule has 1 unspecified atom stereocenters. The number of thioether (sulfide) groups is 1. The number of rotatable bonds is 5. The van der Waals surface area contributed by atoms with Crippen LogP contribution < -0.4 is 11.1 Å². The van der Waals surface area contributed by atoms with E-state index in [1.165, 1.54) is 0 Å². The molecular weight excluding hydrogens is 322 g/mol. The van der Waals surface area contributed by atoms with Crippen LogP contribution in [0.5, 0.6) is 0 Å². The molecule has 0 bridgehead atoms. The highest BCUT2D eigenvalue weighted by molar-refractivity contribution is 9.10. The fraction of sp³-hybridized carbons (Fsp3) is 0.357. The minimum absolute atomic E-state index is 0.602. The van der Waals surface area contributed by atoms with Gasteiger partial charge in [0, 0.05) is 16.4 Å². The molecule has 1 atom stereocenters. The summed E-state index contributed by atoms with van der Waals surface area (Å²) >= 11 is 5.36. The number of pyridine rings is 1. The zero-order valence-corrected chi connectivity index (χ0v) is 13.5. The molecule has 3 nitrogen and oxygen atoms in total. The first kappa shape index (κ1) is 14.5. The highest BCUT2D eigenvalue weighted by atomic mass is 79.9. The zero-order valence-electron chi connectivity index (χ0n) is 11.1. The zero-order chi connectivity index (χ0) is 13.8. The van der Waals surface area contributed by atoms with Gasteiger partial charge in [-0.05, 0) is 36.1 Å². The van der Waals surface area contributed by atoms with E-state index in [1.807, 2.05) is 23.9 Å². The first-order valence-electron chi connectivity index (χ1n) is 6.18. The quantitative estimate of drug-likeness (QED) is 0.864. The summed E-state index contributed by atoms with van der Waals surface area (Å²) in [4.78, 5) is 4.36. The monoisotopic (exact) mass is 339 g/mol. The lowest BCUT2D eigenvalue weighted by Gasteiger charge is -2.15. The predicted molar refractivity (Wildman–Crippen MR) is 89.9 cm³/mol. The van der Waals surface area contributed by atoms with Crippen LogP contribution >= 0.6 is 27.7 Å². The van der Waals surface area contributed by atoms with Crippen molar-refractivity contribution in [2.24, 2.45) is 5.92 Å². The maximum absolute atomic E-state index is 6.05. The molecule has 1 heterocycles. The third kappa shape index (κ3) is 3.54. The van der Waals surface area contributed by atoms with Gasteiger partial charge in [-0.15, -0.1) is 0 Å². The van der Waals surface area contributed by atoms with Gasteiger partial charge in [-0.2, -0.15) is 11.8 Å². The van der Waals surface area contributed by atoms with Gasteiger partial charge in [0.25, 0.3) is 0 Å². The van der Waals surface area contributed by atoms with Crippen LogP contribution in [0.3, 0.4) is 0 Å². The molecule has 0 aliphatic rings. The second-order valence-corrected chi connectivity index (χ2v) is 6.52. The Morgan fingerprint density at radius 3 is 3.00 bits per heavy atom. The molecule has 0 fully saturated rings. The summed E-state index contributed by atoms with van der Waals surface area (Å²) in [6.45, 7) is 3.15. The van der Waals surface area contributed by atoms with Crippen molar-refractivity contribution in [3.8, 4) is 0 Å². The van der Waals surface area contributed by atoms with E-state index in [2.05, 4.69) is 45.5 Å². The number of benzene rings is 1. The summed E-state index contributed by atoms with van der Waals surface area (Å²) in [5, 5.41) is 4.53. The molecule has 5 heteroatoms. The minimum atomic E-state index is 0.602. The van der Waals surface area contributed by atoms with Crippen molar-refractivity contribution in [2.75, 3.05) is 29.6 Å². The van der Waals surface area contributed by atoms with Crippen LogP contribution in [0.15, 0.2) is 28.9 Å². The molecule has 2 aromatic rings. The van der Waals surface area contributed by atoms with Gasteiger partial charge < -0.3 is 11.1 Å². The van der Waals surface area contributed by atoms with Gasteiger partial charge in [0.1, 0.15) is 0 Å². The first-order chi connectivity index (χ1) is 9.11. The van der Waals surface area contributed by atoms with E-state index in [0.29, 0.717) is 11.6 Å². The van der Waals surface area contributed by atoms with E-state index in [9.17, 15) is 0 Å². The molecule has 1 aromatic carbocycles. The molecule has 0 spiro atoms. The molecular formula is C14H18BrN3S. The summed E-state index contributed by atoms with van der Waals surface area (Å²) in [6, 6.07) is 6.04. The highest BCUT2D eigenvalue weighted by Gasteiger charge is 2.08. The van der Waals surface area contributed by atoms with E-state index >= 15 is 0 Å². The van der Waals surface area contributed by atoms with Crippen molar-refractivity contribution < 1.29 is 0 Å². The molecule has 1 aromatic heterocycles. The number of halogens is 1. The Bertz CT molecular complexity index is 569. The molecule has 0 saturated carbocycles. The average molecular weight is 340 g/mol. The first-order valence-corrected chi connectivity index (χ1v) is 8.37. The Hall–Kier alpha value is -0.940. The van der Waals surface area contributed by atoms with Crippen molar-refractivity contribution in [3.63, 3.8) is 0 Å². The Kier molecular flexibility index (Phi) is 4.93. The topological polar surface area (TPSA) is 50.9 Å². The SMILES string of the molecule is CSCC(C)CNc1c(N)cnc2ccc(Br)cc12. The number of nitrogens with two attached hydrogens (primary N) is 1. The molecule has 0 amide bonds. The summed E-state index contributed by atoms with van der Waals surface area (Å²) < 4.78 is 1.03. The van der Waals surface area contributed by atoms with E-state index in [4.69, 9.17) is 5.73 Å². The smallest absolute Gasteiger partial charge is 0.0743 e. The maximum Gasteiger partial charge on any atom is 0.0743 e. The Morgan fingerprint density at radius 2 is 2.26 bits per heavy atom. The lowest BCUT2D eigenvalue weighted by Crippen LogP contribution is -2.14. The molecule has 0 radical (unpaired) electrons. The van der Waals surface area contributed by atoms with Crippen molar-refractivity contribution in [2.45, 2.75) is 6.92 Å². The fourth-order valence-electron chi connectivity index (χ4n) is 2.00. The van der Waals surface area contributed by atoms with Crippen molar-refractivity contribution in [3.05, 3.63) is 28.9 Å². The fourth-order valence-corrected chi connectivity index (χ4v) is 3.05. The van der Waals surface area contributed by atoms with E-state index in [-0.39, 0.29) is 0 Å². The van der Waals surface area contributed by atoms with Crippen LogP contribution in [-0.2, 0) is 0 Å². The van der Waals surface area contributed by atoms with Crippen LogP contribution in [0.2, 0.25) is 0 Å². The second-order valence-electron chi connectivity index (χ2n) is 4.69. The number of anilines is 2. The van der Waals surface area contributed by atoms with E-state index in [0.717, 1.165) is 33.4 Å². The number of nitrogens with one attached hydrogen (secondary N) is 1. The number of aromatic nitrogens is 1. The maximum atomic E-state index is 6.05. The lowest BCUT2D eigenvalue weighted by atomic mass is 10.1. The molecule has 3 N–H and O–H groups in total. The predicted octanol–water partition coefficient (Wildman–Crippen LogP) is 3.99. The summed E-state index contributed by atoms with van der Waals surface area (Å²) in [5.41, 5.74) is 8.69. The lowest BCUT2D eigenvalue weighted by molar-refractivity contribution is 0.702. The number of hydrogen-bond acceptors (Lipinski definition) is 4. The Balaban J connectivity index is 2.30. The van der Waals surface area contributed by atoms with Crippen LogP contribution in [0, 0.1) is 5.92 Å². The molecule has 0 aliphatic heterocycles. The second kappa shape index (κ2) is 6.48. The van der Waals surface area contributed by atoms with Gasteiger partial charge in [-0.1, -0.05) is 22.9 Å². The Labute approximate surface area is 126 Å². The van der Waals surface area contributed by atoms with Crippen molar-refractivity contribution >= 4 is 50.0 Å². The molecule has 0 saturated heterocycles. The largest absolute Gasteiger partial charge is 0.396 e. The van der Waals surface area contributed by atoms with Crippen molar-refractivity contribution in [1.29, 1.82) is 0 Å². The van der Waals surface area contributed by atoms with Gasteiger partial charge in [0.05, 0.1) is 23.1 Å². The molecule has 102 valence electrons. The van der Waals surface area contributed by atoms with Crippen molar-refractivity contribution in [1.82, 2.24) is 4.98 Å². The number of nitrogens with zero attached hydrogens (tertiary/aromatic N) is 1. The number of fused-ring (bicyclic) bond motifs is 1. The molecule has 0 aliphatic carbocycles. The van der Waals surface area contributed by atoms with Crippen LogP contribution in [0.25, 0.3) is 10.9 Å². The van der Waals surface area contributed by atoms with Gasteiger partial charge in [-0.25, -0.2) is 0 Å². The molecule has 2 rings (SSSR count). The number of hydrogen-bond donors (Lipinski definition) is 2. The highest BCUT2D eigenvalue weighted by Crippen LogP contribution is 2.30. The van der Waals surface area contributed by atoms with Crippen LogP contribution in [-0.4, -0.2) is 23.5 Å². The van der Waals surface area contributed by atoms with Crippen LogP contribution in [0.1, 0.15) is 6.92 Å². The Morgan fingerprint density at radius 1 is 1.47 bits per heavy atom. The normalized spacial score (nSPS) is 12.6. The molecule has 19 heavy (non-hydrogen) atoms. The average Bonchev–Trinajstić information content (AvgIpc) is 2.38. The van der Waals surface area contributed by atoms with Gasteiger partial charge >= 0.3 is 0 Å². The number of nitrogen functional groups attached to an aromatic ring is 1. The summed E-state index contributed by atoms with van der Waals surface area (Å²) in [5.74, 6) is 1.74. The van der Waals surface area contributed by atoms with E-state index < -0.39 is 0 Å². The van der Waals surface area contributed by atoms with Crippen LogP contribution in [0.4, 0.5) is 11.4 Å².